The van der Waals surface area contributed by atoms with Gasteiger partial charge in [-0.25, -0.2) is 0 Å². The number of halogens is 3. The van der Waals surface area contributed by atoms with Crippen molar-refractivity contribution in [3.05, 3.63) is 0 Å². The molecule has 4 nitrogen and oxygen atoms in total. The molecule has 0 aromatic heterocycles. The maximum absolute atomic E-state index is 11.6. The molecule has 0 aromatic rings. The van der Waals surface area contributed by atoms with E-state index < -0.39 is 24.3 Å². The zero-order valence-electron chi connectivity index (χ0n) is 7.30. The van der Waals surface area contributed by atoms with Gasteiger partial charge in [0.15, 0.2) is 0 Å². The van der Waals surface area contributed by atoms with Crippen LogP contribution in [0, 0.1) is 0 Å². The fourth-order valence-corrected chi connectivity index (χ4v) is 0.467. The van der Waals surface area contributed by atoms with E-state index in [0.717, 1.165) is 13.3 Å². The molecule has 0 saturated carbocycles. The molecule has 0 fully saturated rings. The van der Waals surface area contributed by atoms with Crippen molar-refractivity contribution in [1.29, 1.82) is 0 Å². The lowest BCUT2D eigenvalue weighted by Gasteiger charge is -2.00. The van der Waals surface area contributed by atoms with Gasteiger partial charge in [0, 0.05) is 6.21 Å². The van der Waals surface area contributed by atoms with E-state index in [2.05, 4.69) is 9.73 Å². The predicted octanol–water partition coefficient (Wildman–Crippen LogP) is 0.752. The molecule has 0 N–H and O–H groups in total. The number of aliphatic imine (C=N–C) groups is 1. The Morgan fingerprint density at radius 3 is 2.43 bits per heavy atom. The van der Waals surface area contributed by atoms with E-state index in [1.807, 2.05) is 0 Å². The van der Waals surface area contributed by atoms with Crippen molar-refractivity contribution in [2.45, 2.75) is 12.6 Å². The zero-order chi connectivity index (χ0) is 11.2. The summed E-state index contributed by atoms with van der Waals surface area (Å²) in [4.78, 5) is 23.9. The SMILES string of the molecule is COC(=O)CN=CCC(=O)C(F)(F)F. The summed E-state index contributed by atoms with van der Waals surface area (Å²) in [5, 5.41) is 0. The molecule has 0 amide bonds. The summed E-state index contributed by atoms with van der Waals surface area (Å²) in [6.07, 6.45) is -4.97. The minimum absolute atomic E-state index is 0.387. The van der Waals surface area contributed by atoms with Gasteiger partial charge in [-0.15, -0.1) is 0 Å². The Morgan fingerprint density at radius 1 is 1.43 bits per heavy atom. The summed E-state index contributed by atoms with van der Waals surface area (Å²) < 4.78 is 39.0. The molecule has 0 aromatic carbocycles. The van der Waals surface area contributed by atoms with Crippen molar-refractivity contribution < 1.29 is 27.5 Å². The van der Waals surface area contributed by atoms with E-state index in [4.69, 9.17) is 0 Å². The Balaban J connectivity index is 3.84. The Morgan fingerprint density at radius 2 is 2.00 bits per heavy atom. The van der Waals surface area contributed by atoms with Gasteiger partial charge >= 0.3 is 12.1 Å². The monoisotopic (exact) mass is 211 g/mol. The van der Waals surface area contributed by atoms with E-state index in [1.54, 1.807) is 0 Å². The number of nitrogens with zero attached hydrogens (tertiary/aromatic N) is 1. The topological polar surface area (TPSA) is 55.7 Å². The zero-order valence-corrected chi connectivity index (χ0v) is 7.30. The summed E-state index contributed by atoms with van der Waals surface area (Å²) in [6, 6.07) is 0. The van der Waals surface area contributed by atoms with Crippen molar-refractivity contribution >= 4 is 18.0 Å². The van der Waals surface area contributed by atoms with Crippen LogP contribution in [0.2, 0.25) is 0 Å². The first-order chi connectivity index (χ1) is 6.38. The van der Waals surface area contributed by atoms with E-state index in [-0.39, 0.29) is 6.54 Å². The van der Waals surface area contributed by atoms with Crippen molar-refractivity contribution in [2.24, 2.45) is 4.99 Å². The van der Waals surface area contributed by atoms with Crippen LogP contribution in [0.5, 0.6) is 0 Å². The third kappa shape index (κ3) is 5.28. The van der Waals surface area contributed by atoms with Crippen LogP contribution in [0.1, 0.15) is 6.42 Å². The van der Waals surface area contributed by atoms with Crippen molar-refractivity contribution in [3.8, 4) is 0 Å². The van der Waals surface area contributed by atoms with Crippen LogP contribution in [0.25, 0.3) is 0 Å². The number of carbonyl (C=O) groups excluding carboxylic acids is 2. The van der Waals surface area contributed by atoms with E-state index in [1.165, 1.54) is 0 Å². The van der Waals surface area contributed by atoms with E-state index >= 15 is 0 Å². The van der Waals surface area contributed by atoms with Crippen LogP contribution in [0.3, 0.4) is 0 Å². The average molecular weight is 211 g/mol. The van der Waals surface area contributed by atoms with Gasteiger partial charge in [0.2, 0.25) is 5.78 Å². The van der Waals surface area contributed by atoms with Crippen LogP contribution in [0.15, 0.2) is 4.99 Å². The second-order valence-corrected chi connectivity index (χ2v) is 2.22. The lowest BCUT2D eigenvalue weighted by atomic mass is 10.3. The highest BCUT2D eigenvalue weighted by molar-refractivity contribution is 5.95. The molecule has 14 heavy (non-hydrogen) atoms. The molecule has 0 saturated heterocycles. The lowest BCUT2D eigenvalue weighted by Crippen LogP contribution is -2.22. The maximum atomic E-state index is 11.6. The average Bonchev–Trinajstić information content (AvgIpc) is 2.09. The van der Waals surface area contributed by atoms with Gasteiger partial charge in [-0.05, 0) is 0 Å². The summed E-state index contributed by atoms with van der Waals surface area (Å²) >= 11 is 0. The summed E-state index contributed by atoms with van der Waals surface area (Å²) in [5.41, 5.74) is 0. The van der Waals surface area contributed by atoms with Crippen LogP contribution < -0.4 is 0 Å². The van der Waals surface area contributed by atoms with Gasteiger partial charge in [0.05, 0.1) is 13.5 Å². The Kier molecular flexibility index (Phi) is 4.82. The van der Waals surface area contributed by atoms with Crippen LogP contribution in [0.4, 0.5) is 13.2 Å². The highest BCUT2D eigenvalue weighted by Crippen LogP contribution is 2.16. The molecular weight excluding hydrogens is 203 g/mol. The molecule has 80 valence electrons. The molecule has 0 spiro atoms. The fraction of sp³-hybridized carbons (Fsp3) is 0.571. The Bertz CT molecular complexity index is 247. The molecule has 0 aliphatic rings. The molecule has 7 heteroatoms. The maximum Gasteiger partial charge on any atom is 0.450 e. The molecule has 0 radical (unpaired) electrons. The first kappa shape index (κ1) is 12.6. The van der Waals surface area contributed by atoms with Gasteiger partial charge in [-0.3, -0.25) is 14.6 Å². The van der Waals surface area contributed by atoms with E-state index in [0.29, 0.717) is 0 Å². The van der Waals surface area contributed by atoms with Gasteiger partial charge in [0.25, 0.3) is 0 Å². The number of methoxy groups -OCH3 is 1. The minimum atomic E-state index is -4.85. The molecule has 0 aliphatic heterocycles. The number of esters is 1. The van der Waals surface area contributed by atoms with Crippen LogP contribution in [-0.2, 0) is 14.3 Å². The first-order valence-electron chi connectivity index (χ1n) is 3.53. The Hall–Kier alpha value is -1.40. The number of rotatable bonds is 4. The molecular formula is C7H8F3NO3. The van der Waals surface area contributed by atoms with Crippen molar-refractivity contribution in [1.82, 2.24) is 0 Å². The van der Waals surface area contributed by atoms with E-state index in [9.17, 15) is 22.8 Å². The number of hydrogen-bond donors (Lipinski definition) is 0. The number of ketones is 1. The molecule has 0 atom stereocenters. The minimum Gasteiger partial charge on any atom is -0.468 e. The number of ether oxygens (including phenoxy) is 1. The second-order valence-electron chi connectivity index (χ2n) is 2.22. The standard InChI is InChI=1S/C7H8F3NO3/c1-14-6(13)4-11-3-2-5(12)7(8,9)10/h3H,2,4H2,1H3. The quantitative estimate of drug-likeness (QED) is 0.509. The third-order valence-electron chi connectivity index (χ3n) is 1.17. The predicted molar refractivity (Wildman–Crippen MR) is 41.1 cm³/mol. The highest BCUT2D eigenvalue weighted by Gasteiger charge is 2.36. The van der Waals surface area contributed by atoms with Gasteiger partial charge < -0.3 is 4.74 Å². The summed E-state index contributed by atoms with van der Waals surface area (Å²) in [6.45, 7) is -0.387. The third-order valence-corrected chi connectivity index (χ3v) is 1.17. The molecule has 0 rings (SSSR count). The van der Waals surface area contributed by atoms with Gasteiger partial charge in [0.1, 0.15) is 6.54 Å². The van der Waals surface area contributed by atoms with Gasteiger partial charge in [-0.1, -0.05) is 0 Å². The smallest absolute Gasteiger partial charge is 0.450 e. The molecule has 0 heterocycles. The largest absolute Gasteiger partial charge is 0.468 e. The summed E-state index contributed by atoms with van der Waals surface area (Å²) in [5.74, 6) is -2.58. The fourth-order valence-electron chi connectivity index (χ4n) is 0.467. The number of alkyl halides is 3. The lowest BCUT2D eigenvalue weighted by molar-refractivity contribution is -0.169. The molecule has 0 bridgehead atoms. The number of Topliss-reactive ketones (excluding diaryl/α,β-unsaturated/α-hetero) is 1. The second kappa shape index (κ2) is 5.36. The normalized spacial score (nSPS) is 11.7. The molecule has 0 unspecified atom stereocenters. The number of hydrogen-bond acceptors (Lipinski definition) is 4. The van der Waals surface area contributed by atoms with Crippen LogP contribution >= 0.6 is 0 Å². The number of carbonyl (C=O) groups is 2. The van der Waals surface area contributed by atoms with Crippen molar-refractivity contribution in [2.75, 3.05) is 13.7 Å². The first-order valence-corrected chi connectivity index (χ1v) is 3.53. The highest BCUT2D eigenvalue weighted by atomic mass is 19.4. The Labute approximate surface area is 77.8 Å². The van der Waals surface area contributed by atoms with Gasteiger partial charge in [-0.2, -0.15) is 13.2 Å². The van der Waals surface area contributed by atoms with Crippen LogP contribution in [-0.4, -0.2) is 37.8 Å². The van der Waals surface area contributed by atoms with Crippen molar-refractivity contribution in [3.63, 3.8) is 0 Å². The molecule has 0 aliphatic carbocycles. The summed E-state index contributed by atoms with van der Waals surface area (Å²) in [7, 11) is 1.12.